The summed E-state index contributed by atoms with van der Waals surface area (Å²) in [6.07, 6.45) is 3.89. The maximum absolute atomic E-state index is 6.00. The summed E-state index contributed by atoms with van der Waals surface area (Å²) in [4.78, 5) is 4.41. The zero-order valence-corrected chi connectivity index (χ0v) is 21.0. The number of nitrogens with two attached hydrogens (primary N) is 1. The van der Waals surface area contributed by atoms with Crippen molar-refractivity contribution in [2.45, 2.75) is 58.3 Å². The molecule has 1 aromatic heterocycles. The number of hydrogen-bond donors (Lipinski definition) is 2. The van der Waals surface area contributed by atoms with Crippen molar-refractivity contribution < 1.29 is 4.74 Å². The molecule has 0 atom stereocenters. The second kappa shape index (κ2) is 12.9. The fourth-order valence-corrected chi connectivity index (χ4v) is 3.24. The van der Waals surface area contributed by atoms with Crippen LogP contribution < -0.4 is 15.8 Å². The van der Waals surface area contributed by atoms with Gasteiger partial charge in [-0.1, -0.05) is 25.6 Å². The van der Waals surface area contributed by atoms with Crippen molar-refractivity contribution in [1.82, 2.24) is 14.8 Å². The summed E-state index contributed by atoms with van der Waals surface area (Å²) in [5, 5.41) is 12.7. The highest BCUT2D eigenvalue weighted by Gasteiger charge is 2.12. The number of anilines is 1. The first-order valence-corrected chi connectivity index (χ1v) is 10.9. The van der Waals surface area contributed by atoms with E-state index in [0.29, 0.717) is 18.4 Å². The second-order valence-corrected chi connectivity index (χ2v) is 8.07. The predicted molar refractivity (Wildman–Crippen MR) is 133 cm³/mol. The number of benzene rings is 1. The number of aliphatic imine (C=N–C) groups is 1. The van der Waals surface area contributed by atoms with E-state index in [1.165, 1.54) is 0 Å². The molecular weight excluding hydrogens is 499 g/mol. The summed E-state index contributed by atoms with van der Waals surface area (Å²) in [7, 11) is 0. The van der Waals surface area contributed by atoms with Crippen molar-refractivity contribution in [2.75, 3.05) is 18.1 Å². The molecule has 9 heteroatoms. The SMILES string of the molecule is CSc1nnc(CCCN=C(N)Nc2ccc(OC(C)C)cc2)n1CC(C)C.I. The van der Waals surface area contributed by atoms with Crippen LogP contribution in [0.3, 0.4) is 0 Å². The van der Waals surface area contributed by atoms with Crippen molar-refractivity contribution >= 4 is 47.4 Å². The van der Waals surface area contributed by atoms with E-state index in [2.05, 4.69) is 38.9 Å². The highest BCUT2D eigenvalue weighted by Crippen LogP contribution is 2.18. The number of ether oxygens (including phenoxy) is 1. The third-order valence-electron chi connectivity index (χ3n) is 3.86. The maximum Gasteiger partial charge on any atom is 0.193 e. The van der Waals surface area contributed by atoms with Crippen LogP contribution in [0.15, 0.2) is 34.4 Å². The highest BCUT2D eigenvalue weighted by molar-refractivity contribution is 14.0. The van der Waals surface area contributed by atoms with Gasteiger partial charge in [0.15, 0.2) is 11.1 Å². The van der Waals surface area contributed by atoms with Gasteiger partial charge in [0.25, 0.3) is 0 Å². The fraction of sp³-hybridized carbons (Fsp3) is 0.550. The molecule has 0 unspecified atom stereocenters. The first-order valence-electron chi connectivity index (χ1n) is 9.68. The molecule has 3 N–H and O–H groups in total. The Balaban J connectivity index is 0.00000420. The van der Waals surface area contributed by atoms with E-state index in [1.807, 2.05) is 44.4 Å². The molecule has 0 radical (unpaired) electrons. The highest BCUT2D eigenvalue weighted by atomic mass is 127. The van der Waals surface area contributed by atoms with Crippen LogP contribution >= 0.6 is 35.7 Å². The summed E-state index contributed by atoms with van der Waals surface area (Å²) >= 11 is 1.63. The molecule has 1 aromatic carbocycles. The van der Waals surface area contributed by atoms with Gasteiger partial charge in [0, 0.05) is 25.2 Å². The van der Waals surface area contributed by atoms with E-state index in [4.69, 9.17) is 10.5 Å². The molecule has 0 amide bonds. The molecular formula is C20H33IN6OS. The molecule has 0 aliphatic rings. The van der Waals surface area contributed by atoms with Crippen molar-refractivity contribution in [3.05, 3.63) is 30.1 Å². The molecule has 1 heterocycles. The number of aryl methyl sites for hydroxylation is 1. The monoisotopic (exact) mass is 532 g/mol. The molecule has 2 aromatic rings. The minimum atomic E-state index is 0. The standard InChI is InChI=1S/C20H32N6OS.HI/c1-14(2)13-26-18(24-25-20(26)28-5)7-6-12-22-19(21)23-16-8-10-17(11-9-16)27-15(3)4;/h8-11,14-15H,6-7,12-13H2,1-5H3,(H3,21,22,23);1H. The van der Waals surface area contributed by atoms with Crippen molar-refractivity contribution in [2.24, 2.45) is 16.6 Å². The molecule has 2 rings (SSSR count). The van der Waals surface area contributed by atoms with Gasteiger partial charge in [0.05, 0.1) is 6.10 Å². The molecule has 29 heavy (non-hydrogen) atoms. The molecule has 0 fully saturated rings. The third kappa shape index (κ3) is 8.81. The topological polar surface area (TPSA) is 90.3 Å². The largest absolute Gasteiger partial charge is 0.491 e. The Morgan fingerprint density at radius 3 is 2.48 bits per heavy atom. The Morgan fingerprint density at radius 2 is 1.90 bits per heavy atom. The molecule has 0 bridgehead atoms. The Kier molecular flexibility index (Phi) is 11.4. The fourth-order valence-electron chi connectivity index (χ4n) is 2.72. The lowest BCUT2D eigenvalue weighted by molar-refractivity contribution is 0.242. The molecule has 0 aliphatic heterocycles. The minimum Gasteiger partial charge on any atom is -0.491 e. The van der Waals surface area contributed by atoms with Gasteiger partial charge in [-0.25, -0.2) is 0 Å². The van der Waals surface area contributed by atoms with Crippen molar-refractivity contribution in [1.29, 1.82) is 0 Å². The Morgan fingerprint density at radius 1 is 1.21 bits per heavy atom. The van der Waals surface area contributed by atoms with E-state index in [1.54, 1.807) is 11.8 Å². The van der Waals surface area contributed by atoms with Crippen LogP contribution in [0.5, 0.6) is 5.75 Å². The van der Waals surface area contributed by atoms with Crippen LogP contribution in [0, 0.1) is 5.92 Å². The number of thioether (sulfide) groups is 1. The molecule has 7 nitrogen and oxygen atoms in total. The number of guanidine groups is 1. The van der Waals surface area contributed by atoms with Crippen molar-refractivity contribution in [3.63, 3.8) is 0 Å². The smallest absolute Gasteiger partial charge is 0.193 e. The molecule has 0 aliphatic carbocycles. The van der Waals surface area contributed by atoms with Gasteiger partial charge < -0.3 is 20.4 Å². The average Bonchev–Trinajstić information content (AvgIpc) is 3.01. The average molecular weight is 532 g/mol. The van der Waals surface area contributed by atoms with Crippen LogP contribution in [0.2, 0.25) is 0 Å². The van der Waals surface area contributed by atoms with Crippen LogP contribution in [0.4, 0.5) is 5.69 Å². The summed E-state index contributed by atoms with van der Waals surface area (Å²) in [6, 6.07) is 7.69. The van der Waals surface area contributed by atoms with E-state index in [-0.39, 0.29) is 30.1 Å². The summed E-state index contributed by atoms with van der Waals surface area (Å²) in [5.41, 5.74) is 6.88. The molecule has 0 spiro atoms. The van der Waals surface area contributed by atoms with Gasteiger partial charge in [-0.15, -0.1) is 34.2 Å². The Hall–Kier alpha value is -1.49. The Bertz CT molecular complexity index is 761. The number of halogens is 1. The number of hydrogen-bond acceptors (Lipinski definition) is 5. The van der Waals surface area contributed by atoms with Crippen LogP contribution in [-0.2, 0) is 13.0 Å². The van der Waals surface area contributed by atoms with Gasteiger partial charge in [-0.05, 0) is 56.7 Å². The predicted octanol–water partition coefficient (Wildman–Crippen LogP) is 4.42. The Labute approximate surface area is 195 Å². The lowest BCUT2D eigenvalue weighted by Crippen LogP contribution is -2.23. The third-order valence-corrected chi connectivity index (χ3v) is 4.53. The number of aromatic nitrogens is 3. The zero-order chi connectivity index (χ0) is 20.5. The molecule has 0 saturated carbocycles. The summed E-state index contributed by atoms with van der Waals surface area (Å²) in [5.74, 6) is 2.81. The van der Waals surface area contributed by atoms with E-state index < -0.39 is 0 Å². The lowest BCUT2D eigenvalue weighted by Gasteiger charge is -2.11. The lowest BCUT2D eigenvalue weighted by atomic mass is 10.2. The number of rotatable bonds is 10. The summed E-state index contributed by atoms with van der Waals surface area (Å²) in [6.45, 7) is 9.98. The normalized spacial score (nSPS) is 11.6. The summed E-state index contributed by atoms with van der Waals surface area (Å²) < 4.78 is 7.84. The second-order valence-electron chi connectivity index (χ2n) is 7.29. The van der Waals surface area contributed by atoms with Gasteiger partial charge in [0.1, 0.15) is 11.6 Å². The van der Waals surface area contributed by atoms with Crippen LogP contribution in [-0.4, -0.2) is 39.6 Å². The molecule has 162 valence electrons. The first-order chi connectivity index (χ1) is 13.4. The number of nitrogens with one attached hydrogen (secondary N) is 1. The van der Waals surface area contributed by atoms with Crippen LogP contribution in [0.1, 0.15) is 39.9 Å². The van der Waals surface area contributed by atoms with Gasteiger partial charge in [-0.3, -0.25) is 4.99 Å². The van der Waals surface area contributed by atoms with E-state index in [9.17, 15) is 0 Å². The molecule has 0 saturated heterocycles. The number of nitrogens with zero attached hydrogens (tertiary/aromatic N) is 4. The van der Waals surface area contributed by atoms with Crippen LogP contribution in [0.25, 0.3) is 0 Å². The zero-order valence-electron chi connectivity index (χ0n) is 17.9. The first kappa shape index (κ1) is 25.5. The van der Waals surface area contributed by atoms with E-state index >= 15 is 0 Å². The minimum absolute atomic E-state index is 0. The van der Waals surface area contributed by atoms with Gasteiger partial charge in [-0.2, -0.15) is 0 Å². The van der Waals surface area contributed by atoms with Gasteiger partial charge >= 0.3 is 0 Å². The van der Waals surface area contributed by atoms with E-state index in [0.717, 1.165) is 41.8 Å². The van der Waals surface area contributed by atoms with Crippen molar-refractivity contribution in [3.8, 4) is 5.75 Å². The maximum atomic E-state index is 6.00. The van der Waals surface area contributed by atoms with Gasteiger partial charge in [0.2, 0.25) is 0 Å². The quantitative estimate of drug-likeness (QED) is 0.155.